The molecule has 10 rings (SSSR count). The summed E-state index contributed by atoms with van der Waals surface area (Å²) >= 11 is 0. The molecule has 0 radical (unpaired) electrons. The summed E-state index contributed by atoms with van der Waals surface area (Å²) in [5.74, 6) is 8.43. The Morgan fingerprint density at radius 2 is 0.493 bits per heavy atom. The molecule has 10 aliphatic carbocycles. The van der Waals surface area contributed by atoms with E-state index in [1.807, 2.05) is 0 Å². The van der Waals surface area contributed by atoms with Gasteiger partial charge in [-0.2, -0.15) is 0 Å². The Kier molecular flexibility index (Phi) is 18.5. The first-order valence-corrected chi connectivity index (χ1v) is 31.9. The van der Waals surface area contributed by atoms with Crippen LogP contribution in [0.2, 0.25) is 0 Å². The van der Waals surface area contributed by atoms with Gasteiger partial charge in [-0.25, -0.2) is 0 Å². The lowest BCUT2D eigenvalue weighted by Crippen LogP contribution is -2.49. The summed E-state index contributed by atoms with van der Waals surface area (Å²) in [6.45, 7) is 47.3. The highest BCUT2D eigenvalue weighted by Crippen LogP contribution is 2.64. The molecule has 0 aromatic carbocycles. The van der Waals surface area contributed by atoms with E-state index in [0.717, 1.165) is 64.1 Å². The Balaban J connectivity index is 0.000000142. The van der Waals surface area contributed by atoms with Crippen LogP contribution in [0.25, 0.3) is 0 Å². The molecule has 4 atom stereocenters. The van der Waals surface area contributed by atoms with E-state index < -0.39 is 0 Å². The molecule has 404 valence electrons. The summed E-state index contributed by atoms with van der Waals surface area (Å²) in [4.78, 5) is 0. The normalized spacial score (nSPS) is 47.7. The molecule has 0 N–H and O–H groups in total. The average molecular weight is 958 g/mol. The van der Waals surface area contributed by atoms with Crippen molar-refractivity contribution in [2.45, 2.75) is 331 Å². The molecule has 10 saturated carbocycles. The van der Waals surface area contributed by atoms with E-state index in [1.165, 1.54) is 199 Å². The minimum Gasteiger partial charge on any atom is -0.0625 e. The smallest absolute Gasteiger partial charge is 0.0269 e. The molecule has 69 heavy (non-hydrogen) atoms. The Bertz CT molecular complexity index is 1400. The fourth-order valence-corrected chi connectivity index (χ4v) is 22.8. The summed E-state index contributed by atoms with van der Waals surface area (Å²) in [6, 6.07) is 0. The number of hydrogen-bond donors (Lipinski definition) is 0. The zero-order chi connectivity index (χ0) is 51.1. The molecule has 0 amide bonds. The zero-order valence-electron chi connectivity index (χ0n) is 51.1. The summed E-state index contributed by atoms with van der Waals surface area (Å²) in [6.07, 6.45) is 46.4. The highest BCUT2D eigenvalue weighted by molar-refractivity contribution is 5.04. The summed E-state index contributed by atoms with van der Waals surface area (Å²) in [7, 11) is 0. The van der Waals surface area contributed by atoms with Crippen LogP contribution in [0.1, 0.15) is 331 Å². The van der Waals surface area contributed by atoms with Gasteiger partial charge in [0.25, 0.3) is 0 Å². The quantitative estimate of drug-likeness (QED) is 0.258. The van der Waals surface area contributed by atoms with Crippen molar-refractivity contribution in [1.82, 2.24) is 0 Å². The van der Waals surface area contributed by atoms with E-state index in [0.29, 0.717) is 43.3 Å². The molecule has 0 saturated heterocycles. The molecule has 0 spiro atoms. The lowest BCUT2D eigenvalue weighted by molar-refractivity contribution is -0.0829. The highest BCUT2D eigenvalue weighted by atomic mass is 14.6. The van der Waals surface area contributed by atoms with Gasteiger partial charge in [-0.1, -0.05) is 183 Å². The van der Waals surface area contributed by atoms with Gasteiger partial charge in [0.2, 0.25) is 0 Å². The van der Waals surface area contributed by atoms with E-state index in [9.17, 15) is 0 Å². The Hall–Kier alpha value is 0. The molecule has 10 fully saturated rings. The van der Waals surface area contributed by atoms with E-state index in [4.69, 9.17) is 0 Å². The monoisotopic (exact) mass is 957 g/mol. The summed E-state index contributed by atoms with van der Waals surface area (Å²) < 4.78 is 0. The van der Waals surface area contributed by atoms with Crippen LogP contribution < -0.4 is 0 Å². The van der Waals surface area contributed by atoms with Crippen molar-refractivity contribution in [3.8, 4) is 0 Å². The standard InChI is InChI=1S/4C14H26.C13H24/c2*1-11(2)12-13(3)7-5-9-14(12,4)10-6-8-13;2*1-11(2)12-8-13(3)6-5-7-14(4,9-12)10-13;1-11(2)13-8-4-6-12(3,10-13)7-5-9-13/h4*11-12H,5-10H2,1-4H3;11H,4-10H2,1-3H3. The van der Waals surface area contributed by atoms with Gasteiger partial charge in [0.15, 0.2) is 0 Å². The van der Waals surface area contributed by atoms with Crippen LogP contribution in [0, 0.1) is 107 Å². The maximum Gasteiger partial charge on any atom is -0.0269 e. The zero-order valence-corrected chi connectivity index (χ0v) is 51.1. The van der Waals surface area contributed by atoms with E-state index in [1.54, 1.807) is 0 Å². The molecule has 10 bridgehead atoms. The molecule has 4 unspecified atom stereocenters. The molecular formula is C69H128. The van der Waals surface area contributed by atoms with Gasteiger partial charge in [-0.3, -0.25) is 0 Å². The van der Waals surface area contributed by atoms with E-state index >= 15 is 0 Å². The first-order chi connectivity index (χ1) is 31.9. The molecule has 0 heterocycles. The molecule has 0 aromatic rings. The van der Waals surface area contributed by atoms with Gasteiger partial charge in [0, 0.05) is 0 Å². The Labute approximate surface area is 436 Å². The minimum absolute atomic E-state index is 0.680. The second kappa shape index (κ2) is 21.9. The number of fused-ring (bicyclic) bond motifs is 10. The van der Waals surface area contributed by atoms with Crippen molar-refractivity contribution < 1.29 is 0 Å². The lowest BCUT2D eigenvalue weighted by atomic mass is 9.47. The van der Waals surface area contributed by atoms with Crippen LogP contribution in [0.5, 0.6) is 0 Å². The van der Waals surface area contributed by atoms with Crippen LogP contribution in [0.4, 0.5) is 0 Å². The van der Waals surface area contributed by atoms with Crippen molar-refractivity contribution in [2.75, 3.05) is 0 Å². The average Bonchev–Trinajstić information content (AvgIpc) is 3.18. The van der Waals surface area contributed by atoms with Crippen LogP contribution in [-0.4, -0.2) is 0 Å². The molecule has 10 aliphatic rings. The topological polar surface area (TPSA) is 0 Å². The van der Waals surface area contributed by atoms with E-state index in [-0.39, 0.29) is 0 Å². The number of hydrogen-bond acceptors (Lipinski definition) is 0. The van der Waals surface area contributed by atoms with Gasteiger partial charge in [-0.15, -0.1) is 0 Å². The SMILES string of the molecule is CC(C)C12CCCC(C)(CCC1)C2.CC(C)C1C2(C)CCCC1(C)CCC2.CC(C)C1C2(C)CCCC1(C)CCC2.CC(C)C1CC2(C)CCCC(C)(C1)C2.CC(C)C1CC2(C)CCCC(C)(C1)C2. The third-order valence-electron chi connectivity index (χ3n) is 25.0. The predicted molar refractivity (Wildman–Crippen MR) is 307 cm³/mol. The van der Waals surface area contributed by atoms with Crippen molar-refractivity contribution in [3.05, 3.63) is 0 Å². The van der Waals surface area contributed by atoms with Gasteiger partial charge in [0.05, 0.1) is 0 Å². The second-order valence-electron chi connectivity index (χ2n) is 33.8. The number of rotatable bonds is 5. The molecule has 0 aliphatic heterocycles. The fraction of sp³-hybridized carbons (Fsp3) is 1.00. The van der Waals surface area contributed by atoms with Crippen molar-refractivity contribution >= 4 is 0 Å². The molecular weight excluding hydrogens is 829 g/mol. The third kappa shape index (κ3) is 13.5. The van der Waals surface area contributed by atoms with Crippen molar-refractivity contribution in [3.63, 3.8) is 0 Å². The summed E-state index contributed by atoms with van der Waals surface area (Å²) in [5.41, 5.74) is 6.96. The lowest BCUT2D eigenvalue weighted by Gasteiger charge is -2.58. The van der Waals surface area contributed by atoms with Crippen LogP contribution >= 0.6 is 0 Å². The fourth-order valence-electron chi connectivity index (χ4n) is 22.8. The van der Waals surface area contributed by atoms with E-state index in [2.05, 4.69) is 132 Å². The van der Waals surface area contributed by atoms with Gasteiger partial charge >= 0.3 is 0 Å². The predicted octanol–water partition coefficient (Wildman–Crippen LogP) is 22.9. The van der Waals surface area contributed by atoms with Crippen LogP contribution in [-0.2, 0) is 0 Å². The minimum atomic E-state index is 0.680. The maximum atomic E-state index is 2.56. The van der Waals surface area contributed by atoms with Crippen molar-refractivity contribution in [2.24, 2.45) is 107 Å². The van der Waals surface area contributed by atoms with Crippen LogP contribution in [0.15, 0.2) is 0 Å². The Morgan fingerprint density at radius 3 is 0.696 bits per heavy atom. The maximum absolute atomic E-state index is 2.56. The highest BCUT2D eigenvalue weighted by Gasteiger charge is 2.54. The van der Waals surface area contributed by atoms with Crippen LogP contribution in [0.3, 0.4) is 0 Å². The third-order valence-corrected chi connectivity index (χ3v) is 25.0. The first-order valence-electron chi connectivity index (χ1n) is 31.9. The van der Waals surface area contributed by atoms with Gasteiger partial charge in [0.1, 0.15) is 0 Å². The molecule has 0 heteroatoms. The first kappa shape index (κ1) is 58.3. The van der Waals surface area contributed by atoms with Gasteiger partial charge < -0.3 is 0 Å². The largest absolute Gasteiger partial charge is 0.0625 e. The summed E-state index contributed by atoms with van der Waals surface area (Å²) in [5, 5.41) is 0. The Morgan fingerprint density at radius 1 is 0.261 bits per heavy atom. The molecule has 0 nitrogen and oxygen atoms in total. The van der Waals surface area contributed by atoms with Gasteiger partial charge in [-0.05, 0) is 255 Å². The van der Waals surface area contributed by atoms with Crippen molar-refractivity contribution in [1.29, 1.82) is 0 Å². The second-order valence-corrected chi connectivity index (χ2v) is 33.8. The molecule has 0 aromatic heterocycles.